The third-order valence-electron chi connectivity index (χ3n) is 2.45. The number of nitrogens with two attached hydrogens (primary N) is 1. The molecule has 0 radical (unpaired) electrons. The van der Waals surface area contributed by atoms with E-state index in [1.54, 1.807) is 10.9 Å². The number of hydrogen-bond donors (Lipinski definition) is 2. The fraction of sp³-hybridized carbons (Fsp3) is 0.636. The van der Waals surface area contributed by atoms with Gasteiger partial charge in [-0.3, -0.25) is 9.48 Å². The van der Waals surface area contributed by atoms with E-state index in [0.29, 0.717) is 5.69 Å². The number of anilines is 1. The smallest absolute Gasteiger partial charge is 0.254 e. The van der Waals surface area contributed by atoms with Crippen LogP contribution in [0.15, 0.2) is 6.20 Å². The number of aromatic nitrogens is 2. The Hall–Kier alpha value is -1.40. The van der Waals surface area contributed by atoms with E-state index in [0.717, 1.165) is 5.69 Å². The van der Waals surface area contributed by atoms with Crippen molar-refractivity contribution in [2.75, 3.05) is 19.0 Å². The highest BCUT2D eigenvalue weighted by molar-refractivity contribution is 5.94. The van der Waals surface area contributed by atoms with Crippen LogP contribution in [-0.4, -0.2) is 35.4 Å². The van der Waals surface area contributed by atoms with Crippen molar-refractivity contribution in [2.24, 2.45) is 12.8 Å². The molecular weight excluding hydrogens is 220 g/mol. The van der Waals surface area contributed by atoms with E-state index in [1.165, 1.54) is 7.11 Å². The summed E-state index contributed by atoms with van der Waals surface area (Å²) in [5, 5.41) is 7.09. The predicted octanol–water partition coefficient (Wildman–Crippen LogP) is 0.456. The molecule has 0 aliphatic carbocycles. The average molecular weight is 240 g/mol. The molecule has 0 aliphatic rings. The van der Waals surface area contributed by atoms with Gasteiger partial charge in [-0.15, -0.1) is 0 Å². The topological polar surface area (TPSA) is 82.2 Å². The highest BCUT2D eigenvalue weighted by Gasteiger charge is 2.19. The molecule has 96 valence electrons. The van der Waals surface area contributed by atoms with Crippen LogP contribution >= 0.6 is 0 Å². The van der Waals surface area contributed by atoms with E-state index >= 15 is 0 Å². The number of nitrogens with zero attached hydrogens (tertiary/aromatic N) is 2. The van der Waals surface area contributed by atoms with Crippen molar-refractivity contribution < 1.29 is 9.53 Å². The first kappa shape index (κ1) is 13.7. The van der Waals surface area contributed by atoms with Crippen molar-refractivity contribution >= 4 is 11.6 Å². The van der Waals surface area contributed by atoms with Gasteiger partial charge in [0.1, 0.15) is 6.10 Å². The molecule has 6 nitrogen and oxygen atoms in total. The first-order valence-electron chi connectivity index (χ1n) is 5.56. The largest absolute Gasteiger partial charge is 0.370 e. The van der Waals surface area contributed by atoms with Crippen molar-refractivity contribution in [3.05, 3.63) is 11.9 Å². The summed E-state index contributed by atoms with van der Waals surface area (Å²) >= 11 is 0. The SMILES string of the molecule is COC(CN)C(=O)Nc1cn(C)nc1C(C)C. The maximum atomic E-state index is 11.8. The third-order valence-corrected chi connectivity index (χ3v) is 2.45. The van der Waals surface area contributed by atoms with Gasteiger partial charge in [-0.05, 0) is 5.92 Å². The Morgan fingerprint density at radius 1 is 1.65 bits per heavy atom. The van der Waals surface area contributed by atoms with Gasteiger partial charge in [-0.2, -0.15) is 5.10 Å². The molecule has 0 aliphatic heterocycles. The molecule has 1 amide bonds. The summed E-state index contributed by atoms with van der Waals surface area (Å²) in [6, 6.07) is 0. The number of carbonyl (C=O) groups is 1. The van der Waals surface area contributed by atoms with Gasteiger partial charge >= 0.3 is 0 Å². The van der Waals surface area contributed by atoms with Gasteiger partial charge in [0.05, 0.1) is 11.4 Å². The normalized spacial score (nSPS) is 12.8. The second-order valence-electron chi connectivity index (χ2n) is 4.21. The molecule has 1 unspecified atom stereocenters. The first-order chi connectivity index (χ1) is 7.99. The zero-order valence-electron chi connectivity index (χ0n) is 10.7. The molecule has 0 spiro atoms. The molecule has 17 heavy (non-hydrogen) atoms. The molecule has 1 rings (SSSR count). The molecule has 1 atom stereocenters. The molecule has 1 aromatic rings. The average Bonchev–Trinajstić information content (AvgIpc) is 2.61. The number of hydrogen-bond acceptors (Lipinski definition) is 4. The maximum Gasteiger partial charge on any atom is 0.254 e. The summed E-state index contributed by atoms with van der Waals surface area (Å²) in [7, 11) is 3.28. The summed E-state index contributed by atoms with van der Waals surface area (Å²) in [5.74, 6) is -0.00438. The second-order valence-corrected chi connectivity index (χ2v) is 4.21. The van der Waals surface area contributed by atoms with Crippen molar-refractivity contribution in [3.63, 3.8) is 0 Å². The summed E-state index contributed by atoms with van der Waals surface area (Å²) < 4.78 is 6.65. The van der Waals surface area contributed by atoms with Gasteiger partial charge in [0.25, 0.3) is 5.91 Å². The number of methoxy groups -OCH3 is 1. The van der Waals surface area contributed by atoms with Crippen LogP contribution in [0, 0.1) is 0 Å². The van der Waals surface area contributed by atoms with Crippen molar-refractivity contribution in [2.45, 2.75) is 25.9 Å². The summed E-state index contributed by atoms with van der Waals surface area (Å²) in [5.41, 5.74) is 7.00. The lowest BCUT2D eigenvalue weighted by Gasteiger charge is -2.13. The van der Waals surface area contributed by atoms with Crippen LogP contribution in [0.4, 0.5) is 5.69 Å². The molecule has 0 bridgehead atoms. The summed E-state index contributed by atoms with van der Waals surface area (Å²) in [6.45, 7) is 4.20. The van der Waals surface area contributed by atoms with Crippen LogP contribution in [-0.2, 0) is 16.6 Å². The Labute approximate surface area is 101 Å². The third kappa shape index (κ3) is 3.28. The zero-order valence-corrected chi connectivity index (χ0v) is 10.7. The zero-order chi connectivity index (χ0) is 13.0. The van der Waals surface area contributed by atoms with Crippen LogP contribution < -0.4 is 11.1 Å². The van der Waals surface area contributed by atoms with E-state index in [-0.39, 0.29) is 18.4 Å². The minimum atomic E-state index is -0.629. The fourth-order valence-corrected chi connectivity index (χ4v) is 1.55. The number of amides is 1. The van der Waals surface area contributed by atoms with Gasteiger partial charge in [-0.25, -0.2) is 0 Å². The van der Waals surface area contributed by atoms with Crippen LogP contribution in [0.1, 0.15) is 25.5 Å². The van der Waals surface area contributed by atoms with Crippen molar-refractivity contribution in [1.29, 1.82) is 0 Å². The molecule has 1 aromatic heterocycles. The molecular formula is C11H20N4O2. The Balaban J connectivity index is 2.84. The van der Waals surface area contributed by atoms with Gasteiger partial charge in [0, 0.05) is 26.9 Å². The molecule has 1 heterocycles. The predicted molar refractivity (Wildman–Crippen MR) is 65.8 cm³/mol. The van der Waals surface area contributed by atoms with Crippen LogP contribution in [0.25, 0.3) is 0 Å². The van der Waals surface area contributed by atoms with Gasteiger partial charge in [0.2, 0.25) is 0 Å². The van der Waals surface area contributed by atoms with E-state index in [4.69, 9.17) is 10.5 Å². The van der Waals surface area contributed by atoms with Crippen LogP contribution in [0.3, 0.4) is 0 Å². The maximum absolute atomic E-state index is 11.8. The Morgan fingerprint density at radius 3 is 2.76 bits per heavy atom. The molecule has 0 fully saturated rings. The van der Waals surface area contributed by atoms with Crippen LogP contribution in [0.5, 0.6) is 0 Å². The van der Waals surface area contributed by atoms with E-state index < -0.39 is 6.10 Å². The fourth-order valence-electron chi connectivity index (χ4n) is 1.55. The second kappa shape index (κ2) is 5.79. The standard InChI is InChI=1S/C11H20N4O2/c1-7(2)10-8(6-15(3)14-10)13-11(16)9(5-12)17-4/h6-7,9H,5,12H2,1-4H3,(H,13,16). The monoisotopic (exact) mass is 240 g/mol. The number of nitrogens with one attached hydrogen (secondary N) is 1. The lowest BCUT2D eigenvalue weighted by Crippen LogP contribution is -2.36. The Kier molecular flexibility index (Phi) is 4.65. The minimum absolute atomic E-state index is 0.152. The summed E-state index contributed by atoms with van der Waals surface area (Å²) in [4.78, 5) is 11.8. The van der Waals surface area contributed by atoms with E-state index in [9.17, 15) is 4.79 Å². The molecule has 0 aromatic carbocycles. The highest BCUT2D eigenvalue weighted by Crippen LogP contribution is 2.22. The van der Waals surface area contributed by atoms with Gasteiger partial charge < -0.3 is 15.8 Å². The van der Waals surface area contributed by atoms with Crippen LogP contribution in [0.2, 0.25) is 0 Å². The molecule has 6 heteroatoms. The lowest BCUT2D eigenvalue weighted by atomic mass is 10.1. The number of aryl methyl sites for hydroxylation is 1. The number of carbonyl (C=O) groups excluding carboxylic acids is 1. The molecule has 3 N–H and O–H groups in total. The Morgan fingerprint density at radius 2 is 2.29 bits per heavy atom. The summed E-state index contributed by atoms with van der Waals surface area (Å²) in [6.07, 6.45) is 1.14. The minimum Gasteiger partial charge on any atom is -0.370 e. The van der Waals surface area contributed by atoms with Gasteiger partial charge in [-0.1, -0.05) is 13.8 Å². The number of ether oxygens (including phenoxy) is 1. The first-order valence-corrected chi connectivity index (χ1v) is 5.56. The molecule has 0 saturated carbocycles. The number of rotatable bonds is 5. The highest BCUT2D eigenvalue weighted by atomic mass is 16.5. The van der Waals surface area contributed by atoms with E-state index in [2.05, 4.69) is 10.4 Å². The quantitative estimate of drug-likeness (QED) is 0.783. The lowest BCUT2D eigenvalue weighted by molar-refractivity contribution is -0.125. The molecule has 0 saturated heterocycles. The van der Waals surface area contributed by atoms with Gasteiger partial charge in [0.15, 0.2) is 0 Å². The Bertz CT molecular complexity index is 383. The van der Waals surface area contributed by atoms with Crippen molar-refractivity contribution in [1.82, 2.24) is 9.78 Å². The van der Waals surface area contributed by atoms with E-state index in [1.807, 2.05) is 20.9 Å². The van der Waals surface area contributed by atoms with Crippen molar-refractivity contribution in [3.8, 4) is 0 Å².